The average Bonchev–Trinajstić information content (AvgIpc) is 3.22. The zero-order valence-corrected chi connectivity index (χ0v) is 37.4. The van der Waals surface area contributed by atoms with Gasteiger partial charge in [0, 0.05) is 22.2 Å². The summed E-state index contributed by atoms with van der Waals surface area (Å²) in [6.07, 6.45) is 0. The summed E-state index contributed by atoms with van der Waals surface area (Å²) in [5.74, 6) is -6.12. The number of phenols is 2. The molecule has 0 radical (unpaired) electrons. The Hall–Kier alpha value is -8.07. The van der Waals surface area contributed by atoms with Gasteiger partial charge in [0.1, 0.15) is 52.9 Å². The third kappa shape index (κ3) is 10.0. The number of carboxylic acids is 2. The lowest BCUT2D eigenvalue weighted by atomic mass is 10.0. The number of carboxylic acid groups (broad SMARTS) is 2. The summed E-state index contributed by atoms with van der Waals surface area (Å²) in [7, 11) is -27.6. The Morgan fingerprint density at radius 3 is 1.54 bits per heavy atom. The zero-order chi connectivity index (χ0) is 52.4. The van der Waals surface area contributed by atoms with Gasteiger partial charge < -0.3 is 26.2 Å². The van der Waals surface area contributed by atoms with E-state index in [9.17, 15) is 105 Å². The van der Waals surface area contributed by atoms with Gasteiger partial charge in [0.15, 0.2) is 17.2 Å². The van der Waals surface area contributed by atoms with Crippen LogP contribution in [0.3, 0.4) is 0 Å². The maximum absolute atomic E-state index is 12.9. The van der Waals surface area contributed by atoms with Crippen LogP contribution in [-0.4, -0.2) is 102 Å². The molecule has 6 aromatic carbocycles. The number of carbonyl (C=O) groups is 2. The number of aromatic carboxylic acids is 2. The number of hydrogen-bond donors (Lipinski definition) is 10. The minimum absolute atomic E-state index is 0.264. The SMILES string of the molecule is Nc1c(N=Nc2ccc3c(O)c(N=Nc4cc(C(=O)O)ccc4C(=O)O)c(S(=O)(=O)O)cc3c2S(=O)(=O)O)cc(S(=O)(=O)O)c2cc(S(=O)(=O)O)c(N=Nc3ccc(S(=O)(=O)O)cc3[N+](=O)[O-])c(O)c12. The Morgan fingerprint density at radius 2 is 1.03 bits per heavy atom. The number of fused-ring (bicyclic) bond motifs is 2. The van der Waals surface area contributed by atoms with E-state index in [4.69, 9.17) is 5.73 Å². The van der Waals surface area contributed by atoms with Crippen molar-refractivity contribution in [2.24, 2.45) is 30.7 Å². The summed E-state index contributed by atoms with van der Waals surface area (Å²) in [5, 5.41) is 70.4. The van der Waals surface area contributed by atoms with E-state index >= 15 is 0 Å². The summed E-state index contributed by atoms with van der Waals surface area (Å²) < 4.78 is 175. The second kappa shape index (κ2) is 17.8. The molecular weight excluding hydrogens is 1050 g/mol. The highest BCUT2D eigenvalue weighted by Gasteiger charge is 2.31. The van der Waals surface area contributed by atoms with E-state index in [1.54, 1.807) is 0 Å². The molecule has 70 heavy (non-hydrogen) atoms. The minimum atomic E-state index is -5.71. The Bertz CT molecular complexity index is 4050. The van der Waals surface area contributed by atoms with E-state index in [2.05, 4.69) is 30.7 Å². The van der Waals surface area contributed by atoms with Gasteiger partial charge in [-0.05, 0) is 60.7 Å². The zero-order valence-electron chi connectivity index (χ0n) is 33.3. The Kier molecular flexibility index (Phi) is 13.0. The number of aromatic hydroxyl groups is 2. The van der Waals surface area contributed by atoms with Crippen molar-refractivity contribution >= 4 is 130 Å². The monoisotopic (exact) mass is 1070 g/mol. The first-order valence-corrected chi connectivity index (χ1v) is 24.8. The van der Waals surface area contributed by atoms with Crippen LogP contribution >= 0.6 is 0 Å². The van der Waals surface area contributed by atoms with Gasteiger partial charge in [-0.25, -0.2) is 9.59 Å². The maximum atomic E-state index is 12.9. The fourth-order valence-electron chi connectivity index (χ4n) is 6.26. The topological polar surface area (TPSA) is 530 Å². The number of azo groups is 3. The summed E-state index contributed by atoms with van der Waals surface area (Å²) in [4.78, 5) is 26.9. The third-order valence-corrected chi connectivity index (χ3v) is 13.7. The standard InChI is InChI=1S/C34H22N8O23S5/c35-27-21(11-23(67(54,55)56)17-10-25(69(60,61)62)29(31(44)26(17)27)41-36-18-5-2-13(66(51,52)53)8-22(18)42(49)50)39-37-19-6-4-14-16(32(19)70(63,64)65)9-24(68(57,58)59)28(30(14)43)40-38-20-7-12(33(45)46)1-3-15(20)34(47)48/h1-11,43-44H,35H2,(H,45,46)(H,47,48)(H,51,52,53)(H,54,55,56)(H,57,58,59)(H,60,61,62)(H,63,64,65). The predicted octanol–water partition coefficient (Wildman–Crippen LogP) is 5.77. The molecule has 0 heterocycles. The van der Waals surface area contributed by atoms with Crippen molar-refractivity contribution in [1.29, 1.82) is 0 Å². The second-order valence-corrected chi connectivity index (χ2v) is 20.6. The highest BCUT2D eigenvalue weighted by atomic mass is 32.2. The number of nitrogens with two attached hydrogens (primary N) is 1. The van der Waals surface area contributed by atoms with Crippen LogP contribution < -0.4 is 5.73 Å². The van der Waals surface area contributed by atoms with Gasteiger partial charge in [0.05, 0.1) is 27.1 Å². The van der Waals surface area contributed by atoms with E-state index in [0.717, 1.165) is 18.2 Å². The van der Waals surface area contributed by atoms with Crippen LogP contribution in [0.5, 0.6) is 11.5 Å². The molecule has 0 spiro atoms. The first-order valence-electron chi connectivity index (χ1n) is 17.6. The molecule has 366 valence electrons. The number of nitrogens with zero attached hydrogens (tertiary/aromatic N) is 7. The van der Waals surface area contributed by atoms with E-state index < -0.39 is 182 Å². The molecule has 0 aliphatic carbocycles. The smallest absolute Gasteiger partial charge is 0.337 e. The van der Waals surface area contributed by atoms with Crippen molar-refractivity contribution in [3.63, 3.8) is 0 Å². The van der Waals surface area contributed by atoms with Gasteiger partial charge >= 0.3 is 11.9 Å². The van der Waals surface area contributed by atoms with Crippen LogP contribution in [0, 0.1) is 10.1 Å². The van der Waals surface area contributed by atoms with Gasteiger partial charge in [-0.2, -0.15) is 42.1 Å². The normalized spacial score (nSPS) is 13.0. The molecule has 0 bridgehead atoms. The van der Waals surface area contributed by atoms with E-state index in [1.807, 2.05) is 0 Å². The number of nitro groups is 1. The van der Waals surface area contributed by atoms with Crippen LogP contribution in [0.15, 0.2) is 122 Å². The maximum Gasteiger partial charge on any atom is 0.337 e. The van der Waals surface area contributed by atoms with Crippen molar-refractivity contribution in [3.8, 4) is 11.5 Å². The molecule has 6 rings (SSSR count). The number of anilines is 1. The molecule has 0 unspecified atom stereocenters. The number of hydrogen-bond acceptors (Lipinski definition) is 23. The van der Waals surface area contributed by atoms with E-state index in [1.165, 1.54) is 0 Å². The van der Waals surface area contributed by atoms with Crippen LogP contribution in [-0.2, 0) is 50.6 Å². The van der Waals surface area contributed by atoms with E-state index in [0.29, 0.717) is 42.5 Å². The Balaban J connectivity index is 1.60. The first-order chi connectivity index (χ1) is 32.1. The van der Waals surface area contributed by atoms with Crippen LogP contribution in [0.1, 0.15) is 20.7 Å². The second-order valence-electron chi connectivity index (χ2n) is 13.6. The molecule has 0 fully saturated rings. The number of nitro benzene ring substituents is 1. The summed E-state index contributed by atoms with van der Waals surface area (Å²) >= 11 is 0. The van der Waals surface area contributed by atoms with Crippen LogP contribution in [0.2, 0.25) is 0 Å². The molecule has 31 nitrogen and oxygen atoms in total. The lowest BCUT2D eigenvalue weighted by Gasteiger charge is -2.14. The highest BCUT2D eigenvalue weighted by Crippen LogP contribution is 2.50. The largest absolute Gasteiger partial charge is 0.505 e. The summed E-state index contributed by atoms with van der Waals surface area (Å²) in [6.45, 7) is 0. The van der Waals surface area contributed by atoms with Crippen molar-refractivity contribution < 1.29 is 99.8 Å². The van der Waals surface area contributed by atoms with Gasteiger partial charge in [-0.15, -0.1) is 30.7 Å². The molecule has 0 aliphatic heterocycles. The van der Waals surface area contributed by atoms with Gasteiger partial charge in [0.25, 0.3) is 56.3 Å². The molecule has 36 heteroatoms. The Labute approximate surface area is 388 Å². The molecule has 6 aromatic rings. The lowest BCUT2D eigenvalue weighted by molar-refractivity contribution is -0.384. The minimum Gasteiger partial charge on any atom is -0.505 e. The summed E-state index contributed by atoms with van der Waals surface area (Å²) in [5.41, 5.74) is -3.39. The molecule has 0 aliphatic rings. The Morgan fingerprint density at radius 1 is 0.514 bits per heavy atom. The fourth-order valence-corrected chi connectivity index (χ4v) is 9.58. The molecule has 0 amide bonds. The first kappa shape index (κ1) is 51.3. The van der Waals surface area contributed by atoms with Gasteiger partial charge in [0.2, 0.25) is 0 Å². The predicted molar refractivity (Wildman–Crippen MR) is 231 cm³/mol. The van der Waals surface area contributed by atoms with Crippen LogP contribution in [0.4, 0.5) is 45.5 Å². The van der Waals surface area contributed by atoms with Gasteiger partial charge in [-0.1, -0.05) is 0 Å². The molecular formula is C34H22N8O23S5. The quantitative estimate of drug-likeness (QED) is 0.0203. The molecule has 11 N–H and O–H groups in total. The number of phenolic OH excluding ortho intramolecular Hbond substituents is 2. The van der Waals surface area contributed by atoms with Crippen molar-refractivity contribution in [2.45, 2.75) is 24.5 Å². The third-order valence-electron chi connectivity index (χ3n) is 9.27. The van der Waals surface area contributed by atoms with Crippen LogP contribution in [0.25, 0.3) is 21.5 Å². The average molecular weight is 1070 g/mol. The van der Waals surface area contributed by atoms with Crippen molar-refractivity contribution in [2.75, 3.05) is 5.73 Å². The molecule has 0 aromatic heterocycles. The number of benzene rings is 6. The van der Waals surface area contributed by atoms with Gasteiger partial charge in [-0.3, -0.25) is 32.9 Å². The van der Waals surface area contributed by atoms with E-state index in [-0.39, 0.29) is 6.07 Å². The molecule has 0 atom stereocenters. The van der Waals surface area contributed by atoms with Crippen molar-refractivity contribution in [1.82, 2.24) is 0 Å². The number of nitrogen functional groups attached to an aromatic ring is 1. The summed E-state index contributed by atoms with van der Waals surface area (Å²) in [6, 6.07) is 6.15. The van der Waals surface area contributed by atoms with Crippen molar-refractivity contribution in [3.05, 3.63) is 88.0 Å². The molecule has 0 saturated heterocycles. The lowest BCUT2D eigenvalue weighted by Crippen LogP contribution is -2.04. The molecule has 0 saturated carbocycles. The fraction of sp³-hybridized carbons (Fsp3) is 0. The number of rotatable bonds is 14. The highest BCUT2D eigenvalue weighted by molar-refractivity contribution is 7.87.